The van der Waals surface area contributed by atoms with E-state index in [1.165, 1.54) is 0 Å². The van der Waals surface area contributed by atoms with Crippen molar-refractivity contribution >= 4 is 68.5 Å². The Morgan fingerprint density at radius 3 is 2.62 bits per heavy atom. The Morgan fingerprint density at radius 2 is 1.97 bits per heavy atom. The van der Waals surface area contributed by atoms with E-state index in [-0.39, 0.29) is 0 Å². The van der Waals surface area contributed by atoms with Gasteiger partial charge in [-0.15, -0.1) is 11.8 Å². The molecule has 0 aliphatic heterocycles. The lowest BCUT2D eigenvalue weighted by Gasteiger charge is -2.13. The van der Waals surface area contributed by atoms with Crippen LogP contribution in [0.3, 0.4) is 0 Å². The van der Waals surface area contributed by atoms with Gasteiger partial charge in [-0.2, -0.15) is 5.10 Å². The van der Waals surface area contributed by atoms with E-state index < -0.39 is 0 Å². The van der Waals surface area contributed by atoms with Crippen molar-refractivity contribution in [2.24, 2.45) is 7.05 Å². The second kappa shape index (κ2) is 8.12. The van der Waals surface area contributed by atoms with Crippen LogP contribution in [0.5, 0.6) is 0 Å². The first kappa shape index (κ1) is 20.4. The first-order chi connectivity index (χ1) is 13.9. The van der Waals surface area contributed by atoms with E-state index in [0.717, 1.165) is 50.1 Å². The summed E-state index contributed by atoms with van der Waals surface area (Å²) in [6.45, 7) is 4.07. The fourth-order valence-electron chi connectivity index (χ4n) is 3.35. The van der Waals surface area contributed by atoms with Crippen molar-refractivity contribution in [1.29, 1.82) is 0 Å². The Labute approximate surface area is 188 Å². The Hall–Kier alpha value is -1.84. The van der Waals surface area contributed by atoms with Crippen LogP contribution in [0.15, 0.2) is 35.4 Å². The van der Waals surface area contributed by atoms with Crippen LogP contribution in [0.1, 0.15) is 11.4 Å². The van der Waals surface area contributed by atoms with E-state index in [1.807, 2.05) is 30.9 Å². The molecule has 0 amide bonds. The number of aryl methyl sites for hydroxylation is 3. The van der Waals surface area contributed by atoms with E-state index in [1.54, 1.807) is 11.8 Å². The molecule has 29 heavy (non-hydrogen) atoms. The van der Waals surface area contributed by atoms with Crippen molar-refractivity contribution in [3.8, 4) is 11.3 Å². The highest BCUT2D eigenvalue weighted by Gasteiger charge is 2.16. The average Bonchev–Trinajstić information content (AvgIpc) is 3.19. The van der Waals surface area contributed by atoms with E-state index >= 15 is 0 Å². The number of nitrogen functional groups attached to an aromatic ring is 1. The number of imidazole rings is 1. The van der Waals surface area contributed by atoms with Gasteiger partial charge in [-0.3, -0.25) is 9.02 Å². The number of thioether (sulfide) groups is 1. The fourth-order valence-corrected chi connectivity index (χ4v) is 6.08. The SMILES string of the molecule is CSc1cc(-c2nn(C)cc2C)ccc1Nc1cc(N)nc2c1nc(C)n2PI. The lowest BCUT2D eigenvalue weighted by molar-refractivity contribution is 0.770. The maximum atomic E-state index is 6.09. The largest absolute Gasteiger partial charge is 0.384 e. The van der Waals surface area contributed by atoms with Gasteiger partial charge < -0.3 is 11.1 Å². The number of nitrogens with one attached hydrogen (secondary N) is 1. The Bertz CT molecular complexity index is 1220. The molecule has 0 fully saturated rings. The standard InChI is InChI=1S/C19H21IN7PS/c1-10-9-26(3)25-17(10)12-5-6-13(15(7-12)29-4)23-14-8-16(21)24-19-18(14)22-11(2)27(19)28-20/h5-9,28H,1-4H3,(H3,21,23,24). The first-order valence-corrected chi connectivity index (χ1v) is 14.2. The summed E-state index contributed by atoms with van der Waals surface area (Å²) in [6, 6.07) is 8.19. The van der Waals surface area contributed by atoms with Gasteiger partial charge in [0.1, 0.15) is 17.2 Å². The summed E-state index contributed by atoms with van der Waals surface area (Å²) in [5.41, 5.74) is 12.9. The van der Waals surface area contributed by atoms with Crippen molar-refractivity contribution in [3.63, 3.8) is 0 Å². The molecule has 0 saturated carbocycles. The van der Waals surface area contributed by atoms with Gasteiger partial charge in [-0.1, -0.05) is 6.07 Å². The summed E-state index contributed by atoms with van der Waals surface area (Å²) in [5, 5.41) is 8.12. The second-order valence-corrected chi connectivity index (χ2v) is 9.63. The first-order valence-electron chi connectivity index (χ1n) is 8.89. The summed E-state index contributed by atoms with van der Waals surface area (Å²) >= 11 is 4.02. The number of hydrogen-bond donors (Lipinski definition) is 2. The normalized spacial score (nSPS) is 11.8. The molecule has 4 rings (SSSR count). The molecule has 0 spiro atoms. The van der Waals surface area contributed by atoms with Crippen LogP contribution in [0, 0.1) is 13.8 Å². The van der Waals surface area contributed by atoms with E-state index in [2.05, 4.69) is 73.2 Å². The van der Waals surface area contributed by atoms with Crippen molar-refractivity contribution in [3.05, 3.63) is 41.9 Å². The van der Waals surface area contributed by atoms with Crippen LogP contribution in [0.2, 0.25) is 0 Å². The number of nitrogens with two attached hydrogens (primary N) is 1. The highest BCUT2D eigenvalue weighted by Crippen LogP contribution is 2.37. The smallest absolute Gasteiger partial charge is 0.168 e. The zero-order valence-corrected chi connectivity index (χ0v) is 20.5. The third kappa shape index (κ3) is 3.83. The quantitative estimate of drug-likeness (QED) is 0.205. The minimum atomic E-state index is 0.474. The van der Waals surface area contributed by atoms with E-state index in [9.17, 15) is 0 Å². The minimum Gasteiger partial charge on any atom is -0.384 e. The molecular weight excluding hydrogens is 516 g/mol. The van der Waals surface area contributed by atoms with Gasteiger partial charge in [0.05, 0.1) is 23.4 Å². The van der Waals surface area contributed by atoms with Gasteiger partial charge in [0.2, 0.25) is 0 Å². The van der Waals surface area contributed by atoms with Gasteiger partial charge in [-0.05, 0) is 59.8 Å². The monoisotopic (exact) mass is 537 g/mol. The Kier molecular flexibility index (Phi) is 5.72. The molecule has 3 heterocycles. The molecule has 0 aliphatic carbocycles. The average molecular weight is 537 g/mol. The highest BCUT2D eigenvalue weighted by molar-refractivity contribution is 14.2. The van der Waals surface area contributed by atoms with Crippen LogP contribution in [0.4, 0.5) is 17.2 Å². The Balaban J connectivity index is 1.78. The van der Waals surface area contributed by atoms with Crippen LogP contribution < -0.4 is 11.1 Å². The third-order valence-electron chi connectivity index (χ3n) is 4.64. The molecule has 1 unspecified atom stereocenters. The number of anilines is 3. The topological polar surface area (TPSA) is 86.6 Å². The number of fused-ring (bicyclic) bond motifs is 1. The maximum Gasteiger partial charge on any atom is 0.168 e. The van der Waals surface area contributed by atoms with Crippen molar-refractivity contribution < 1.29 is 0 Å². The summed E-state index contributed by atoms with van der Waals surface area (Å²) in [7, 11) is 1.94. The molecular formula is C19H21IN7PS. The molecule has 150 valence electrons. The number of benzene rings is 1. The Morgan fingerprint density at radius 1 is 1.17 bits per heavy atom. The van der Waals surface area contributed by atoms with Crippen LogP contribution in [0.25, 0.3) is 22.4 Å². The van der Waals surface area contributed by atoms with Gasteiger partial charge >= 0.3 is 0 Å². The molecule has 4 aromatic rings. The molecule has 3 aromatic heterocycles. The molecule has 0 saturated heterocycles. The predicted octanol–water partition coefficient (Wildman–Crippen LogP) is 5.29. The van der Waals surface area contributed by atoms with Crippen LogP contribution in [-0.2, 0) is 7.05 Å². The van der Waals surface area contributed by atoms with E-state index in [0.29, 0.717) is 12.2 Å². The third-order valence-corrected chi connectivity index (χ3v) is 7.57. The van der Waals surface area contributed by atoms with Gasteiger partial charge in [0, 0.05) is 29.8 Å². The summed E-state index contributed by atoms with van der Waals surface area (Å²) < 4.78 is 3.93. The summed E-state index contributed by atoms with van der Waals surface area (Å²) in [5.74, 6) is 1.40. The molecule has 10 heteroatoms. The molecule has 1 atom stereocenters. The molecule has 3 N–H and O–H groups in total. The number of pyridine rings is 1. The van der Waals surface area contributed by atoms with Crippen molar-refractivity contribution in [1.82, 2.24) is 24.1 Å². The predicted molar refractivity (Wildman–Crippen MR) is 133 cm³/mol. The van der Waals surface area contributed by atoms with E-state index in [4.69, 9.17) is 10.7 Å². The molecule has 1 aromatic carbocycles. The number of rotatable bonds is 5. The summed E-state index contributed by atoms with van der Waals surface area (Å²) in [6.07, 6.45) is 4.62. The zero-order valence-electron chi connectivity index (χ0n) is 16.5. The second-order valence-electron chi connectivity index (χ2n) is 6.72. The zero-order chi connectivity index (χ0) is 20.7. The molecule has 0 radical (unpaired) electrons. The van der Waals surface area contributed by atoms with Crippen molar-refractivity contribution in [2.45, 2.75) is 18.7 Å². The van der Waals surface area contributed by atoms with Crippen molar-refractivity contribution in [2.75, 3.05) is 17.3 Å². The molecule has 7 nitrogen and oxygen atoms in total. The number of aromatic nitrogens is 5. The van der Waals surface area contributed by atoms with Crippen LogP contribution >= 0.6 is 40.2 Å². The van der Waals surface area contributed by atoms with Gasteiger partial charge in [0.15, 0.2) is 5.65 Å². The maximum absolute atomic E-state index is 6.09. The highest BCUT2D eigenvalue weighted by atomic mass is 127. The number of hydrogen-bond acceptors (Lipinski definition) is 6. The fraction of sp³-hybridized carbons (Fsp3) is 0.211. The number of halogens is 1. The number of nitrogens with zero attached hydrogens (tertiary/aromatic N) is 5. The molecule has 0 bridgehead atoms. The van der Waals surface area contributed by atoms with Gasteiger partial charge in [-0.25, -0.2) is 9.97 Å². The minimum absolute atomic E-state index is 0.474. The van der Waals surface area contributed by atoms with Gasteiger partial charge in [0.25, 0.3) is 0 Å². The lowest BCUT2D eigenvalue weighted by atomic mass is 10.1. The summed E-state index contributed by atoms with van der Waals surface area (Å²) in [4.78, 5) is 10.4. The molecule has 0 aliphatic rings. The van der Waals surface area contributed by atoms with Crippen LogP contribution in [-0.4, -0.2) is 30.3 Å². The lowest BCUT2D eigenvalue weighted by Crippen LogP contribution is -1.99.